The van der Waals surface area contributed by atoms with E-state index in [9.17, 15) is 8.92 Å². The third-order valence-electron chi connectivity index (χ3n) is 1.69. The normalized spacial score (nSPS) is 10.5. The number of rotatable bonds is 1. The van der Waals surface area contributed by atoms with E-state index in [-0.39, 0.29) is 0 Å². The lowest BCUT2D eigenvalue weighted by atomic mass is 10.2. The van der Waals surface area contributed by atoms with Gasteiger partial charge in [0.25, 0.3) is 0 Å². The molecule has 1 heterocycles. The Morgan fingerprint density at radius 1 is 1.33 bits per heavy atom. The summed E-state index contributed by atoms with van der Waals surface area (Å²) in [4.78, 5) is 6.14. The van der Waals surface area contributed by atoms with E-state index in [0.29, 0.717) is 10.9 Å². The molecule has 0 amide bonds. The minimum absolute atomic E-state index is 0.398. The van der Waals surface area contributed by atoms with Gasteiger partial charge in [0, 0.05) is 27.7 Å². The van der Waals surface area contributed by atoms with E-state index in [4.69, 9.17) is 0 Å². The first-order chi connectivity index (χ1) is 5.81. The molecule has 0 aliphatic rings. The molecule has 0 bridgehead atoms. The lowest BCUT2D eigenvalue weighted by Gasteiger charge is -1.96. The van der Waals surface area contributed by atoms with Crippen LogP contribution >= 0.6 is 0 Å². The van der Waals surface area contributed by atoms with E-state index < -0.39 is 11.6 Å². The van der Waals surface area contributed by atoms with Crippen molar-refractivity contribution in [2.75, 3.05) is 0 Å². The highest BCUT2D eigenvalue weighted by molar-refractivity contribution is 5.80. The molecule has 0 aliphatic carbocycles. The molecule has 0 atom stereocenters. The maximum absolute atomic E-state index is 12.8. The predicted molar refractivity (Wildman–Crippen MR) is 40.0 cm³/mol. The molecule has 4 heteroatoms. The van der Waals surface area contributed by atoms with Crippen molar-refractivity contribution in [2.45, 2.75) is 0 Å². The molecular weight excluding hydrogens is 164 g/mol. The van der Waals surface area contributed by atoms with Crippen molar-refractivity contribution in [3.8, 4) is 5.75 Å². The highest BCUT2D eigenvalue weighted by atomic mass is 19.3. The molecule has 2 nitrogen and oxygen atoms in total. The van der Waals surface area contributed by atoms with Crippen LogP contribution in [-0.4, -0.2) is 4.98 Å². The lowest BCUT2D eigenvalue weighted by molar-refractivity contribution is -0.0104. The summed E-state index contributed by atoms with van der Waals surface area (Å²) in [5, 5.41) is 0.688. The summed E-state index contributed by atoms with van der Waals surface area (Å²) < 4.78 is 24.5. The third kappa shape index (κ3) is 0.922. The Kier molecular flexibility index (Phi) is 1.46. The zero-order valence-corrected chi connectivity index (χ0v) is 5.97. The molecule has 1 aromatic carbocycles. The first kappa shape index (κ1) is 7.09. The largest absolute Gasteiger partial charge is 0.361 e. The summed E-state index contributed by atoms with van der Waals surface area (Å²) >= 11 is 0. The second-order valence-electron chi connectivity index (χ2n) is 2.42. The molecule has 0 fully saturated rings. The van der Waals surface area contributed by atoms with Gasteiger partial charge < -0.3 is 4.98 Å². The zero-order chi connectivity index (χ0) is 8.55. The van der Waals surface area contributed by atoms with Crippen molar-refractivity contribution in [2.24, 2.45) is 0 Å². The fraction of sp³-hybridized carbons (Fsp3) is 0. The van der Waals surface area contributed by atoms with Gasteiger partial charge in [-0.05, 0) is 12.1 Å². The molecule has 1 N–H and O–H groups in total. The maximum Gasteiger partial charge on any atom is 0.209 e. The SMILES string of the molecule is FOc1cc2[nH]ccc2cc1F. The van der Waals surface area contributed by atoms with E-state index in [1.54, 1.807) is 12.3 Å². The summed E-state index contributed by atoms with van der Waals surface area (Å²) in [5.41, 5.74) is 0.643. The van der Waals surface area contributed by atoms with Crippen LogP contribution in [0.4, 0.5) is 8.92 Å². The van der Waals surface area contributed by atoms with Gasteiger partial charge in [-0.1, -0.05) is 0 Å². The summed E-state index contributed by atoms with van der Waals surface area (Å²) in [6.45, 7) is 0. The number of aromatic amines is 1. The van der Waals surface area contributed by atoms with Crippen molar-refractivity contribution in [1.82, 2.24) is 4.98 Å². The van der Waals surface area contributed by atoms with Crippen LogP contribution in [0.5, 0.6) is 5.75 Å². The average molecular weight is 169 g/mol. The second-order valence-corrected chi connectivity index (χ2v) is 2.42. The second kappa shape index (κ2) is 2.48. The fourth-order valence-corrected chi connectivity index (χ4v) is 1.11. The van der Waals surface area contributed by atoms with Gasteiger partial charge in [-0.2, -0.15) is 0 Å². The van der Waals surface area contributed by atoms with Crippen LogP contribution in [0.1, 0.15) is 0 Å². The average Bonchev–Trinajstić information content (AvgIpc) is 2.49. The maximum atomic E-state index is 12.8. The zero-order valence-electron chi connectivity index (χ0n) is 5.97. The molecule has 0 saturated carbocycles. The van der Waals surface area contributed by atoms with Crippen molar-refractivity contribution >= 4 is 10.9 Å². The first-order valence-electron chi connectivity index (χ1n) is 3.36. The van der Waals surface area contributed by atoms with E-state index in [1.807, 2.05) is 0 Å². The molecule has 0 saturated heterocycles. The minimum Gasteiger partial charge on any atom is -0.361 e. The molecular formula is C8H5F2NO. The van der Waals surface area contributed by atoms with E-state index in [0.717, 1.165) is 0 Å². The molecule has 62 valence electrons. The monoisotopic (exact) mass is 169 g/mol. The van der Waals surface area contributed by atoms with Crippen LogP contribution in [0.25, 0.3) is 10.9 Å². The highest BCUT2D eigenvalue weighted by Gasteiger charge is 2.06. The minimum atomic E-state index is -0.704. The van der Waals surface area contributed by atoms with E-state index in [1.165, 1.54) is 12.1 Å². The van der Waals surface area contributed by atoms with Gasteiger partial charge in [-0.3, -0.25) is 4.94 Å². The summed E-state index contributed by atoms with van der Waals surface area (Å²) in [5.74, 6) is -1.10. The summed E-state index contributed by atoms with van der Waals surface area (Å²) in [6, 6.07) is 4.17. The summed E-state index contributed by atoms with van der Waals surface area (Å²) in [6.07, 6.45) is 1.64. The van der Waals surface area contributed by atoms with Gasteiger partial charge in [-0.15, -0.1) is 0 Å². The van der Waals surface area contributed by atoms with Gasteiger partial charge in [0.2, 0.25) is 5.75 Å². The van der Waals surface area contributed by atoms with Gasteiger partial charge in [-0.25, -0.2) is 4.39 Å². The molecule has 0 aliphatic heterocycles. The Bertz CT molecular complexity index is 410. The van der Waals surface area contributed by atoms with Crippen LogP contribution < -0.4 is 4.94 Å². The van der Waals surface area contributed by atoms with Crippen LogP contribution in [0.15, 0.2) is 24.4 Å². The van der Waals surface area contributed by atoms with Crippen LogP contribution in [-0.2, 0) is 0 Å². The predicted octanol–water partition coefficient (Wildman–Crippen LogP) is 2.57. The number of fused-ring (bicyclic) bond motifs is 1. The number of aromatic nitrogens is 1. The molecule has 12 heavy (non-hydrogen) atoms. The van der Waals surface area contributed by atoms with Crippen molar-refractivity contribution in [3.05, 3.63) is 30.2 Å². The van der Waals surface area contributed by atoms with Crippen LogP contribution in [0.3, 0.4) is 0 Å². The topological polar surface area (TPSA) is 25.0 Å². The van der Waals surface area contributed by atoms with Gasteiger partial charge in [0.05, 0.1) is 0 Å². The number of hydrogen-bond donors (Lipinski definition) is 1. The van der Waals surface area contributed by atoms with Crippen molar-refractivity contribution in [3.63, 3.8) is 0 Å². The number of nitrogens with one attached hydrogen (secondary N) is 1. The number of H-pyrrole nitrogens is 1. The van der Waals surface area contributed by atoms with Gasteiger partial charge >= 0.3 is 0 Å². The molecule has 0 radical (unpaired) electrons. The molecule has 2 aromatic rings. The van der Waals surface area contributed by atoms with E-state index in [2.05, 4.69) is 9.93 Å². The Morgan fingerprint density at radius 2 is 2.17 bits per heavy atom. The Balaban J connectivity index is 2.73. The molecule has 1 aromatic heterocycles. The van der Waals surface area contributed by atoms with Crippen molar-refractivity contribution < 1.29 is 13.9 Å². The quantitative estimate of drug-likeness (QED) is 0.697. The van der Waals surface area contributed by atoms with Gasteiger partial charge in [0.15, 0.2) is 5.82 Å². The van der Waals surface area contributed by atoms with Gasteiger partial charge in [0.1, 0.15) is 0 Å². The lowest BCUT2D eigenvalue weighted by Crippen LogP contribution is -1.82. The van der Waals surface area contributed by atoms with Crippen LogP contribution in [0, 0.1) is 5.82 Å². The first-order valence-corrected chi connectivity index (χ1v) is 3.36. The third-order valence-corrected chi connectivity index (χ3v) is 1.69. The van der Waals surface area contributed by atoms with E-state index >= 15 is 0 Å². The highest BCUT2D eigenvalue weighted by Crippen LogP contribution is 2.23. The van der Waals surface area contributed by atoms with Crippen LogP contribution in [0.2, 0.25) is 0 Å². The molecule has 0 spiro atoms. The summed E-state index contributed by atoms with van der Waals surface area (Å²) in [7, 11) is 0. The molecule has 2 rings (SSSR count). The smallest absolute Gasteiger partial charge is 0.209 e. The Hall–Kier alpha value is -1.58. The van der Waals surface area contributed by atoms with Crippen molar-refractivity contribution in [1.29, 1.82) is 0 Å². The molecule has 0 unspecified atom stereocenters. The number of halogens is 2. The number of hydrogen-bond acceptors (Lipinski definition) is 1. The Labute approximate surface area is 66.7 Å². The fourth-order valence-electron chi connectivity index (χ4n) is 1.11. The number of benzene rings is 1. The standard InChI is InChI=1S/C8H5F2NO/c9-6-3-5-1-2-11-7(5)4-8(6)12-10/h1-4,11H. The Morgan fingerprint density at radius 3 is 2.92 bits per heavy atom.